The molecule has 0 aliphatic rings. The van der Waals surface area contributed by atoms with Crippen LogP contribution in [0.3, 0.4) is 0 Å². The zero-order chi connectivity index (χ0) is 13.1. The fraction of sp³-hybridized carbons (Fsp3) is 0.333. The number of esters is 1. The van der Waals surface area contributed by atoms with Crippen LogP contribution in [0.2, 0.25) is 0 Å². The predicted molar refractivity (Wildman–Crippen MR) is 56.9 cm³/mol. The fourth-order valence-electron chi connectivity index (χ4n) is 1.38. The predicted octanol–water partition coefficient (Wildman–Crippen LogP) is 2.31. The molecule has 17 heavy (non-hydrogen) atoms. The van der Waals surface area contributed by atoms with Gasteiger partial charge < -0.3 is 4.74 Å². The summed E-state index contributed by atoms with van der Waals surface area (Å²) >= 11 is 0. The van der Waals surface area contributed by atoms with Crippen LogP contribution in [0, 0.1) is 5.41 Å². The molecule has 0 radical (unpaired) electrons. The Kier molecular flexibility index (Phi) is 3.93. The van der Waals surface area contributed by atoms with Gasteiger partial charge in [0, 0.05) is 5.56 Å². The molecule has 0 bridgehead atoms. The summed E-state index contributed by atoms with van der Waals surface area (Å²) in [6.07, 6.45) is -3.12. The number of methoxy groups -OCH3 is 1. The number of Topliss-reactive ketones (excluding diaryl/α,β-unsaturated/α-hetero) is 1. The maximum Gasteiger partial charge on any atom is 0.325 e. The van der Waals surface area contributed by atoms with E-state index in [0.29, 0.717) is 0 Å². The third kappa shape index (κ3) is 2.33. The minimum Gasteiger partial charge on any atom is -0.468 e. The summed E-state index contributed by atoms with van der Waals surface area (Å²) in [7, 11) is 0.973. The van der Waals surface area contributed by atoms with Gasteiger partial charge in [-0.1, -0.05) is 30.3 Å². The van der Waals surface area contributed by atoms with Gasteiger partial charge in [-0.15, -0.1) is 0 Å². The number of halogens is 2. The van der Waals surface area contributed by atoms with Gasteiger partial charge in [-0.2, -0.15) is 0 Å². The van der Waals surface area contributed by atoms with E-state index < -0.39 is 23.6 Å². The third-order valence-corrected chi connectivity index (χ3v) is 2.55. The third-order valence-electron chi connectivity index (χ3n) is 2.55. The highest BCUT2D eigenvalue weighted by Crippen LogP contribution is 2.31. The van der Waals surface area contributed by atoms with Crippen molar-refractivity contribution >= 4 is 11.8 Å². The van der Waals surface area contributed by atoms with Gasteiger partial charge in [0.1, 0.15) is 0 Å². The molecule has 3 nitrogen and oxygen atoms in total. The van der Waals surface area contributed by atoms with Crippen LogP contribution in [-0.2, 0) is 9.53 Å². The second-order valence-electron chi connectivity index (χ2n) is 3.69. The van der Waals surface area contributed by atoms with Crippen molar-refractivity contribution in [2.45, 2.75) is 13.3 Å². The maximum absolute atomic E-state index is 12.9. The van der Waals surface area contributed by atoms with Gasteiger partial charge in [-0.05, 0) is 6.92 Å². The van der Waals surface area contributed by atoms with E-state index in [1.165, 1.54) is 24.3 Å². The van der Waals surface area contributed by atoms with E-state index in [4.69, 9.17) is 0 Å². The first kappa shape index (κ1) is 13.3. The molecule has 0 N–H and O–H groups in total. The molecule has 5 heteroatoms. The minimum absolute atomic E-state index is 0.0562. The second-order valence-corrected chi connectivity index (χ2v) is 3.69. The smallest absolute Gasteiger partial charge is 0.325 e. The standard InChI is InChI=1S/C12H12F2O3/c1-12(10(13)14,11(16)17-2)9(15)8-6-4-3-5-7-8/h3-7,10H,1-2H3. The lowest BCUT2D eigenvalue weighted by atomic mass is 9.82. The molecule has 0 saturated carbocycles. The molecule has 1 unspecified atom stereocenters. The van der Waals surface area contributed by atoms with E-state index in [1.807, 2.05) is 0 Å². The van der Waals surface area contributed by atoms with Crippen molar-refractivity contribution in [3.63, 3.8) is 0 Å². The molecule has 0 fully saturated rings. The molecule has 0 amide bonds. The van der Waals surface area contributed by atoms with Crippen LogP contribution in [0.25, 0.3) is 0 Å². The maximum atomic E-state index is 12.9. The molecule has 0 heterocycles. The molecular formula is C12H12F2O3. The molecule has 0 aliphatic carbocycles. The van der Waals surface area contributed by atoms with Gasteiger partial charge in [-0.25, -0.2) is 8.78 Å². The van der Waals surface area contributed by atoms with Gasteiger partial charge in [-0.3, -0.25) is 9.59 Å². The Balaban J connectivity index is 3.18. The molecule has 0 aliphatic heterocycles. The number of carbonyl (C=O) groups excluding carboxylic acids is 2. The van der Waals surface area contributed by atoms with E-state index in [-0.39, 0.29) is 5.56 Å². The number of carbonyl (C=O) groups is 2. The first-order valence-electron chi connectivity index (χ1n) is 4.91. The molecule has 1 atom stereocenters. The van der Waals surface area contributed by atoms with E-state index in [9.17, 15) is 18.4 Å². The van der Waals surface area contributed by atoms with Crippen molar-refractivity contribution in [2.75, 3.05) is 7.11 Å². The van der Waals surface area contributed by atoms with Gasteiger partial charge >= 0.3 is 5.97 Å². The number of benzene rings is 1. The van der Waals surface area contributed by atoms with Gasteiger partial charge in [0.25, 0.3) is 6.43 Å². The van der Waals surface area contributed by atoms with Crippen molar-refractivity contribution in [1.82, 2.24) is 0 Å². The number of rotatable bonds is 4. The second kappa shape index (κ2) is 5.03. The van der Waals surface area contributed by atoms with Crippen molar-refractivity contribution in [2.24, 2.45) is 5.41 Å². The highest BCUT2D eigenvalue weighted by molar-refractivity contribution is 6.12. The first-order valence-corrected chi connectivity index (χ1v) is 4.91. The van der Waals surface area contributed by atoms with Crippen LogP contribution < -0.4 is 0 Å². The van der Waals surface area contributed by atoms with Crippen molar-refractivity contribution < 1.29 is 23.1 Å². The van der Waals surface area contributed by atoms with Crippen LogP contribution in [0.4, 0.5) is 8.78 Å². The summed E-state index contributed by atoms with van der Waals surface area (Å²) in [6, 6.07) is 7.49. The lowest BCUT2D eigenvalue weighted by Gasteiger charge is -2.24. The van der Waals surface area contributed by atoms with Crippen molar-refractivity contribution in [1.29, 1.82) is 0 Å². The molecular weight excluding hydrogens is 230 g/mol. The summed E-state index contributed by atoms with van der Waals surface area (Å²) in [5.41, 5.74) is -2.41. The van der Waals surface area contributed by atoms with E-state index >= 15 is 0 Å². The largest absolute Gasteiger partial charge is 0.468 e. The minimum atomic E-state index is -3.12. The Bertz CT molecular complexity index is 417. The average molecular weight is 242 g/mol. The normalized spacial score (nSPS) is 14.2. The first-order chi connectivity index (χ1) is 7.94. The summed E-state index contributed by atoms with van der Waals surface area (Å²) in [6.45, 7) is 0.888. The van der Waals surface area contributed by atoms with Crippen LogP contribution in [0.1, 0.15) is 17.3 Å². The molecule has 0 saturated heterocycles. The Hall–Kier alpha value is -1.78. The molecule has 92 valence electrons. The van der Waals surface area contributed by atoms with Crippen molar-refractivity contribution in [3.05, 3.63) is 35.9 Å². The van der Waals surface area contributed by atoms with E-state index in [0.717, 1.165) is 14.0 Å². The van der Waals surface area contributed by atoms with Crippen LogP contribution >= 0.6 is 0 Å². The Morgan fingerprint density at radius 2 is 1.76 bits per heavy atom. The number of hydrogen-bond donors (Lipinski definition) is 0. The number of ether oxygens (including phenoxy) is 1. The van der Waals surface area contributed by atoms with Crippen molar-refractivity contribution in [3.8, 4) is 0 Å². The Labute approximate surface area is 97.4 Å². The number of ketones is 1. The molecule has 0 aromatic heterocycles. The summed E-state index contributed by atoms with van der Waals surface area (Å²) in [4.78, 5) is 23.3. The quantitative estimate of drug-likeness (QED) is 0.462. The van der Waals surface area contributed by atoms with Gasteiger partial charge in [0.15, 0.2) is 11.2 Å². The molecule has 0 spiro atoms. The summed E-state index contributed by atoms with van der Waals surface area (Å²) in [5.74, 6) is -2.18. The molecule has 1 aromatic rings. The Morgan fingerprint density at radius 1 is 1.24 bits per heavy atom. The highest BCUT2D eigenvalue weighted by Gasteiger charge is 2.51. The topological polar surface area (TPSA) is 43.4 Å². The highest BCUT2D eigenvalue weighted by atomic mass is 19.3. The monoisotopic (exact) mass is 242 g/mol. The lowest BCUT2D eigenvalue weighted by molar-refractivity contribution is -0.156. The Morgan fingerprint density at radius 3 is 2.18 bits per heavy atom. The summed E-state index contributed by atoms with van der Waals surface area (Å²) < 4.78 is 30.2. The van der Waals surface area contributed by atoms with Crippen LogP contribution in [-0.4, -0.2) is 25.3 Å². The number of alkyl halides is 2. The summed E-state index contributed by atoms with van der Waals surface area (Å²) in [5, 5.41) is 0. The lowest BCUT2D eigenvalue weighted by Crippen LogP contribution is -2.43. The zero-order valence-electron chi connectivity index (χ0n) is 9.44. The van der Waals surface area contributed by atoms with E-state index in [2.05, 4.69) is 4.74 Å². The molecule has 1 aromatic carbocycles. The SMILES string of the molecule is COC(=O)C(C)(C(=O)c1ccccc1)C(F)F. The van der Waals surface area contributed by atoms with Gasteiger partial charge in [0.2, 0.25) is 0 Å². The molecule has 1 rings (SSSR count). The van der Waals surface area contributed by atoms with Crippen LogP contribution in [0.5, 0.6) is 0 Å². The zero-order valence-corrected chi connectivity index (χ0v) is 9.44. The number of hydrogen-bond acceptors (Lipinski definition) is 3. The average Bonchev–Trinajstić information content (AvgIpc) is 2.36. The van der Waals surface area contributed by atoms with E-state index in [1.54, 1.807) is 6.07 Å². The van der Waals surface area contributed by atoms with Crippen LogP contribution in [0.15, 0.2) is 30.3 Å². The fourth-order valence-corrected chi connectivity index (χ4v) is 1.38. The van der Waals surface area contributed by atoms with Gasteiger partial charge in [0.05, 0.1) is 7.11 Å².